The normalized spacial score (nSPS) is 13.7. The summed E-state index contributed by atoms with van der Waals surface area (Å²) in [6.07, 6.45) is 4.59. The van der Waals surface area contributed by atoms with E-state index in [2.05, 4.69) is 5.92 Å². The van der Waals surface area contributed by atoms with Gasteiger partial charge in [0.25, 0.3) is 0 Å². The Morgan fingerprint density at radius 3 is 2.47 bits per heavy atom. The van der Waals surface area contributed by atoms with Crippen molar-refractivity contribution in [1.29, 1.82) is 0 Å². The van der Waals surface area contributed by atoms with Crippen molar-refractivity contribution in [2.75, 3.05) is 0 Å². The summed E-state index contributed by atoms with van der Waals surface area (Å²) in [5, 5.41) is 19.5. The number of aliphatic hydroxyl groups is 1. The number of carbonyl (C=O) groups is 1. The van der Waals surface area contributed by atoms with E-state index in [1.165, 1.54) is 0 Å². The molecule has 0 aliphatic rings. The predicted octanol–water partition coefficient (Wildman–Crippen LogP) is 2.49. The van der Waals surface area contributed by atoms with Crippen LogP contribution in [-0.4, -0.2) is 16.2 Å². The molecule has 0 bridgehead atoms. The Morgan fingerprint density at radius 1 is 1.41 bits per heavy atom. The second kappa shape index (κ2) is 6.29. The fourth-order valence-electron chi connectivity index (χ4n) is 1.55. The van der Waals surface area contributed by atoms with E-state index in [1.807, 2.05) is 0 Å². The monoisotopic (exact) mass is 252 g/mol. The number of benzene rings is 1. The number of carboxylic acids is 1. The molecule has 0 heterocycles. The molecule has 1 aromatic rings. The molecule has 1 aromatic carbocycles. The Labute approximate surface area is 105 Å². The molecule has 2 N–H and O–H groups in total. The quantitative estimate of drug-likeness (QED) is 0.792. The van der Waals surface area contributed by atoms with Crippen molar-refractivity contribution in [1.82, 2.24) is 0 Å². The molecule has 0 saturated heterocycles. The van der Waals surface area contributed by atoms with E-state index in [4.69, 9.17) is 23.1 Å². The first kappa shape index (κ1) is 13.6. The van der Waals surface area contributed by atoms with Crippen LogP contribution < -0.4 is 0 Å². The Morgan fingerprint density at radius 2 is 2.00 bits per heavy atom. The molecular weight excluding hydrogens is 240 g/mol. The van der Waals surface area contributed by atoms with Gasteiger partial charge in [0, 0.05) is 11.4 Å². The van der Waals surface area contributed by atoms with E-state index in [0.717, 1.165) is 0 Å². The Bertz CT molecular complexity index is 419. The van der Waals surface area contributed by atoms with Crippen molar-refractivity contribution >= 4 is 17.6 Å². The maximum absolute atomic E-state index is 11.0. The van der Waals surface area contributed by atoms with Gasteiger partial charge in [-0.05, 0) is 24.1 Å². The lowest BCUT2D eigenvalue weighted by Crippen LogP contribution is -2.21. The van der Waals surface area contributed by atoms with Gasteiger partial charge in [-0.2, -0.15) is 0 Å². The molecule has 4 heteroatoms. The summed E-state index contributed by atoms with van der Waals surface area (Å²) in [7, 11) is 0. The van der Waals surface area contributed by atoms with Crippen molar-refractivity contribution in [3.63, 3.8) is 0 Å². The molecule has 0 aliphatic heterocycles. The zero-order valence-corrected chi connectivity index (χ0v) is 9.89. The highest BCUT2D eigenvalue weighted by Crippen LogP contribution is 2.26. The van der Waals surface area contributed by atoms with Crippen LogP contribution in [0.15, 0.2) is 24.3 Å². The number of hydrogen-bond donors (Lipinski definition) is 2. The smallest absolute Gasteiger partial charge is 0.309 e. The first-order valence-corrected chi connectivity index (χ1v) is 5.54. The zero-order chi connectivity index (χ0) is 12.8. The summed E-state index contributed by atoms with van der Waals surface area (Å²) >= 11 is 5.72. The van der Waals surface area contributed by atoms with Crippen LogP contribution in [0.3, 0.4) is 0 Å². The van der Waals surface area contributed by atoms with Gasteiger partial charge in [0.1, 0.15) is 0 Å². The number of halogens is 1. The molecule has 90 valence electrons. The van der Waals surface area contributed by atoms with Gasteiger partial charge in [0.05, 0.1) is 12.0 Å². The second-order valence-electron chi connectivity index (χ2n) is 3.68. The summed E-state index contributed by atoms with van der Waals surface area (Å²) in [5.41, 5.74) is 0.527. The van der Waals surface area contributed by atoms with Gasteiger partial charge in [0.15, 0.2) is 0 Å². The first-order valence-electron chi connectivity index (χ1n) is 5.16. The van der Waals surface area contributed by atoms with Gasteiger partial charge in [-0.15, -0.1) is 12.3 Å². The molecule has 0 fully saturated rings. The van der Waals surface area contributed by atoms with Crippen molar-refractivity contribution < 1.29 is 15.0 Å². The summed E-state index contributed by atoms with van der Waals surface area (Å²) in [4.78, 5) is 11.0. The topological polar surface area (TPSA) is 57.5 Å². The molecule has 2 atom stereocenters. The van der Waals surface area contributed by atoms with E-state index in [9.17, 15) is 9.90 Å². The lowest BCUT2D eigenvalue weighted by Gasteiger charge is -2.18. The van der Waals surface area contributed by atoms with E-state index < -0.39 is 18.0 Å². The van der Waals surface area contributed by atoms with E-state index in [0.29, 0.717) is 17.0 Å². The Balaban J connectivity index is 2.84. The van der Waals surface area contributed by atoms with Crippen LogP contribution in [0, 0.1) is 18.3 Å². The average molecular weight is 253 g/mol. The standard InChI is InChI=1S/C13H13ClO3/c1-2-3-4-11(13(16)17)12(15)9-5-7-10(14)8-6-9/h1,5-8,11-12,15H,3-4H2,(H,16,17)/t11-,12?/m1/s1. The van der Waals surface area contributed by atoms with Gasteiger partial charge in [0.2, 0.25) is 0 Å². The second-order valence-corrected chi connectivity index (χ2v) is 4.12. The van der Waals surface area contributed by atoms with Gasteiger partial charge in [-0.25, -0.2) is 0 Å². The minimum Gasteiger partial charge on any atom is -0.481 e. The van der Waals surface area contributed by atoms with Gasteiger partial charge in [-0.3, -0.25) is 4.79 Å². The largest absolute Gasteiger partial charge is 0.481 e. The predicted molar refractivity (Wildman–Crippen MR) is 65.6 cm³/mol. The number of rotatable bonds is 5. The highest BCUT2D eigenvalue weighted by molar-refractivity contribution is 6.30. The van der Waals surface area contributed by atoms with Crippen molar-refractivity contribution in [3.05, 3.63) is 34.9 Å². The number of aliphatic hydroxyl groups excluding tert-OH is 1. The van der Waals surface area contributed by atoms with Gasteiger partial charge in [-0.1, -0.05) is 23.7 Å². The van der Waals surface area contributed by atoms with Crippen molar-refractivity contribution in [3.8, 4) is 12.3 Å². The molecular formula is C13H13ClO3. The third kappa shape index (κ3) is 3.77. The Kier molecular flexibility index (Phi) is 5.02. The Hall–Kier alpha value is -1.50. The van der Waals surface area contributed by atoms with Crippen LogP contribution in [-0.2, 0) is 4.79 Å². The summed E-state index contributed by atoms with van der Waals surface area (Å²) in [6.45, 7) is 0. The minimum atomic E-state index is -1.07. The average Bonchev–Trinajstić information content (AvgIpc) is 2.29. The number of carboxylic acid groups (broad SMARTS) is 1. The van der Waals surface area contributed by atoms with Gasteiger partial charge >= 0.3 is 5.97 Å². The van der Waals surface area contributed by atoms with Crippen LogP contribution in [0.4, 0.5) is 0 Å². The third-order valence-electron chi connectivity index (χ3n) is 2.51. The molecule has 0 spiro atoms. The van der Waals surface area contributed by atoms with E-state index in [1.54, 1.807) is 24.3 Å². The third-order valence-corrected chi connectivity index (χ3v) is 2.76. The number of aliphatic carboxylic acids is 1. The maximum atomic E-state index is 11.0. The highest BCUT2D eigenvalue weighted by Gasteiger charge is 2.26. The fourth-order valence-corrected chi connectivity index (χ4v) is 1.67. The van der Waals surface area contributed by atoms with Crippen molar-refractivity contribution in [2.45, 2.75) is 18.9 Å². The molecule has 0 aliphatic carbocycles. The fraction of sp³-hybridized carbons (Fsp3) is 0.308. The van der Waals surface area contributed by atoms with Crippen LogP contribution in [0.5, 0.6) is 0 Å². The van der Waals surface area contributed by atoms with Crippen LogP contribution in [0.2, 0.25) is 5.02 Å². The van der Waals surface area contributed by atoms with E-state index >= 15 is 0 Å². The zero-order valence-electron chi connectivity index (χ0n) is 9.14. The minimum absolute atomic E-state index is 0.246. The lowest BCUT2D eigenvalue weighted by molar-refractivity contribution is -0.146. The number of hydrogen-bond acceptors (Lipinski definition) is 2. The maximum Gasteiger partial charge on any atom is 0.309 e. The summed E-state index contributed by atoms with van der Waals surface area (Å²) in [5.74, 6) is 0.424. The van der Waals surface area contributed by atoms with Crippen LogP contribution >= 0.6 is 11.6 Å². The molecule has 0 amide bonds. The first-order chi connectivity index (χ1) is 8.06. The molecule has 0 aromatic heterocycles. The molecule has 3 nitrogen and oxygen atoms in total. The number of terminal acetylenes is 1. The van der Waals surface area contributed by atoms with Crippen LogP contribution in [0.25, 0.3) is 0 Å². The van der Waals surface area contributed by atoms with Gasteiger partial charge < -0.3 is 10.2 Å². The SMILES string of the molecule is C#CCC[C@@H](C(=O)O)C(O)c1ccc(Cl)cc1. The molecule has 17 heavy (non-hydrogen) atoms. The highest BCUT2D eigenvalue weighted by atomic mass is 35.5. The molecule has 0 saturated carbocycles. The van der Waals surface area contributed by atoms with Crippen molar-refractivity contribution in [2.24, 2.45) is 5.92 Å². The molecule has 1 unspecified atom stereocenters. The summed E-state index contributed by atoms with van der Waals surface area (Å²) in [6, 6.07) is 6.44. The van der Waals surface area contributed by atoms with Crippen LogP contribution in [0.1, 0.15) is 24.5 Å². The van der Waals surface area contributed by atoms with E-state index in [-0.39, 0.29) is 6.42 Å². The lowest BCUT2D eigenvalue weighted by atomic mass is 9.92. The molecule has 1 rings (SSSR count). The molecule has 0 radical (unpaired) electrons. The summed E-state index contributed by atoms with van der Waals surface area (Å²) < 4.78 is 0.